The number of amides is 2. The predicted octanol–water partition coefficient (Wildman–Crippen LogP) is 0.478. The van der Waals surface area contributed by atoms with Gasteiger partial charge in [-0.15, -0.1) is 4.80 Å². The fraction of sp³-hybridized carbons (Fsp3) is 0.471. The SMILES string of the molecule is O=C1C(=O)N(C23CC(F)(C2)C3)CCN1Cc1ccc(-n2nccn2)nc1. The third-order valence-corrected chi connectivity index (χ3v) is 5.63. The lowest BCUT2D eigenvalue weighted by atomic mass is 9.46. The maximum atomic E-state index is 13.7. The first-order chi connectivity index (χ1) is 12.5. The number of alkyl halides is 1. The summed E-state index contributed by atoms with van der Waals surface area (Å²) < 4.78 is 13.7. The first-order valence-electron chi connectivity index (χ1n) is 8.60. The van der Waals surface area contributed by atoms with Crippen molar-refractivity contribution in [2.24, 2.45) is 0 Å². The zero-order valence-corrected chi connectivity index (χ0v) is 14.0. The highest BCUT2D eigenvalue weighted by Crippen LogP contribution is 2.66. The molecule has 1 saturated heterocycles. The Kier molecular flexibility index (Phi) is 3.02. The Morgan fingerprint density at radius 3 is 2.38 bits per heavy atom. The van der Waals surface area contributed by atoms with Crippen LogP contribution >= 0.6 is 0 Å². The number of aromatic nitrogens is 4. The molecule has 0 spiro atoms. The quantitative estimate of drug-likeness (QED) is 0.744. The van der Waals surface area contributed by atoms with E-state index in [2.05, 4.69) is 15.2 Å². The van der Waals surface area contributed by atoms with Gasteiger partial charge in [0.25, 0.3) is 0 Å². The Hall–Kier alpha value is -2.84. The second kappa shape index (κ2) is 5.09. The lowest BCUT2D eigenvalue weighted by molar-refractivity contribution is -0.230. The van der Waals surface area contributed by atoms with E-state index in [4.69, 9.17) is 0 Å². The second-order valence-corrected chi connectivity index (χ2v) is 7.43. The molecule has 9 heteroatoms. The van der Waals surface area contributed by atoms with Gasteiger partial charge in [0.15, 0.2) is 5.82 Å². The second-order valence-electron chi connectivity index (χ2n) is 7.43. The number of carbonyl (C=O) groups is 2. The molecule has 0 aromatic carbocycles. The third-order valence-electron chi connectivity index (χ3n) is 5.63. The number of hydrogen-bond donors (Lipinski definition) is 0. The van der Waals surface area contributed by atoms with Crippen LogP contribution in [0.25, 0.3) is 5.82 Å². The van der Waals surface area contributed by atoms with Gasteiger partial charge in [0.2, 0.25) is 0 Å². The molecule has 2 bridgehead atoms. The van der Waals surface area contributed by atoms with Gasteiger partial charge in [0.1, 0.15) is 5.67 Å². The molecule has 0 N–H and O–H groups in total. The Bertz CT molecular complexity index is 861. The van der Waals surface area contributed by atoms with Gasteiger partial charge in [0, 0.05) is 45.1 Å². The van der Waals surface area contributed by atoms with Crippen molar-refractivity contribution in [3.8, 4) is 5.82 Å². The van der Waals surface area contributed by atoms with Crippen LogP contribution in [0.15, 0.2) is 30.7 Å². The molecule has 3 heterocycles. The lowest BCUT2D eigenvalue weighted by Crippen LogP contribution is -2.79. The molecule has 134 valence electrons. The normalized spacial score (nSPS) is 30.2. The van der Waals surface area contributed by atoms with Crippen LogP contribution in [0.5, 0.6) is 0 Å². The van der Waals surface area contributed by atoms with Crippen molar-refractivity contribution in [3.05, 3.63) is 36.3 Å². The summed E-state index contributed by atoms with van der Waals surface area (Å²) in [6.45, 7) is 1.23. The molecule has 4 aliphatic rings. The largest absolute Gasteiger partial charge is 0.328 e. The topological polar surface area (TPSA) is 84.2 Å². The highest BCUT2D eigenvalue weighted by atomic mass is 19.1. The minimum Gasteiger partial charge on any atom is -0.328 e. The molecule has 6 rings (SSSR count). The van der Waals surface area contributed by atoms with E-state index >= 15 is 0 Å². The fourth-order valence-electron chi connectivity index (χ4n) is 4.36. The smallest absolute Gasteiger partial charge is 0.312 e. The number of halogens is 1. The molecule has 4 fully saturated rings. The first kappa shape index (κ1) is 15.4. The van der Waals surface area contributed by atoms with Crippen molar-refractivity contribution in [1.29, 1.82) is 0 Å². The highest BCUT2D eigenvalue weighted by molar-refractivity contribution is 6.35. The van der Waals surface area contributed by atoms with Gasteiger partial charge in [-0.05, 0) is 11.6 Å². The van der Waals surface area contributed by atoms with Gasteiger partial charge in [-0.2, -0.15) is 10.2 Å². The molecule has 0 radical (unpaired) electrons. The van der Waals surface area contributed by atoms with Crippen LogP contribution in [0.3, 0.4) is 0 Å². The third kappa shape index (κ3) is 2.16. The number of nitrogens with zero attached hydrogens (tertiary/aromatic N) is 6. The summed E-state index contributed by atoms with van der Waals surface area (Å²) in [7, 11) is 0. The average molecular weight is 356 g/mol. The van der Waals surface area contributed by atoms with Gasteiger partial charge in [-0.3, -0.25) is 9.59 Å². The highest BCUT2D eigenvalue weighted by Gasteiger charge is 2.73. The maximum Gasteiger partial charge on any atom is 0.312 e. The van der Waals surface area contributed by atoms with E-state index in [0.717, 1.165) is 5.56 Å². The van der Waals surface area contributed by atoms with Gasteiger partial charge in [0.05, 0.1) is 17.9 Å². The Morgan fingerprint density at radius 1 is 1.04 bits per heavy atom. The predicted molar refractivity (Wildman–Crippen MR) is 86.7 cm³/mol. The molecule has 3 aliphatic carbocycles. The molecular weight excluding hydrogens is 339 g/mol. The minimum atomic E-state index is -1.09. The number of carbonyl (C=O) groups excluding carboxylic acids is 2. The van der Waals surface area contributed by atoms with Gasteiger partial charge >= 0.3 is 11.8 Å². The average Bonchev–Trinajstić information content (AvgIpc) is 3.11. The van der Waals surface area contributed by atoms with E-state index in [9.17, 15) is 14.0 Å². The van der Waals surface area contributed by atoms with Crippen molar-refractivity contribution in [2.75, 3.05) is 13.1 Å². The van der Waals surface area contributed by atoms with E-state index in [1.165, 1.54) is 9.70 Å². The zero-order chi connectivity index (χ0) is 17.9. The molecule has 0 atom stereocenters. The molecule has 0 unspecified atom stereocenters. The molecule has 2 aromatic heterocycles. The number of rotatable bonds is 4. The van der Waals surface area contributed by atoms with Gasteiger partial charge < -0.3 is 9.80 Å². The van der Waals surface area contributed by atoms with Gasteiger partial charge in [-0.1, -0.05) is 6.07 Å². The van der Waals surface area contributed by atoms with Crippen LogP contribution < -0.4 is 0 Å². The van der Waals surface area contributed by atoms with Crippen LogP contribution in [0.2, 0.25) is 0 Å². The van der Waals surface area contributed by atoms with Crippen molar-refractivity contribution >= 4 is 11.8 Å². The summed E-state index contributed by atoms with van der Waals surface area (Å²) in [6.07, 6.45) is 5.92. The zero-order valence-electron chi connectivity index (χ0n) is 14.0. The van der Waals surface area contributed by atoms with E-state index in [1.54, 1.807) is 29.6 Å². The molecular formula is C17H17FN6O2. The van der Waals surface area contributed by atoms with Crippen LogP contribution in [0.1, 0.15) is 24.8 Å². The van der Waals surface area contributed by atoms with E-state index in [1.807, 2.05) is 6.07 Å². The Balaban J connectivity index is 1.26. The van der Waals surface area contributed by atoms with Crippen molar-refractivity contribution < 1.29 is 14.0 Å². The summed E-state index contributed by atoms with van der Waals surface area (Å²) in [5.74, 6) is -0.454. The van der Waals surface area contributed by atoms with Crippen molar-refractivity contribution in [3.63, 3.8) is 0 Å². The molecule has 3 saturated carbocycles. The van der Waals surface area contributed by atoms with Crippen LogP contribution in [0.4, 0.5) is 4.39 Å². The first-order valence-corrected chi connectivity index (χ1v) is 8.60. The van der Waals surface area contributed by atoms with Crippen LogP contribution in [-0.4, -0.2) is 65.9 Å². The van der Waals surface area contributed by atoms with Gasteiger partial charge in [-0.25, -0.2) is 9.37 Å². The summed E-state index contributed by atoms with van der Waals surface area (Å²) in [4.78, 5) is 33.8. The van der Waals surface area contributed by atoms with Crippen LogP contribution in [-0.2, 0) is 16.1 Å². The monoisotopic (exact) mass is 356 g/mol. The summed E-state index contributed by atoms with van der Waals surface area (Å²) in [6, 6.07) is 3.60. The maximum absolute atomic E-state index is 13.7. The molecule has 1 aliphatic heterocycles. The fourth-order valence-corrected chi connectivity index (χ4v) is 4.36. The van der Waals surface area contributed by atoms with Crippen LogP contribution in [0, 0.1) is 0 Å². The summed E-state index contributed by atoms with van der Waals surface area (Å²) >= 11 is 0. The number of hydrogen-bond acceptors (Lipinski definition) is 5. The van der Waals surface area contributed by atoms with Crippen molar-refractivity contribution in [1.82, 2.24) is 29.8 Å². The van der Waals surface area contributed by atoms with E-state index in [-0.39, 0.29) is 0 Å². The Labute approximate surface area is 148 Å². The number of piperazine rings is 1. The summed E-state index contributed by atoms with van der Waals surface area (Å²) in [5, 5.41) is 8.02. The van der Waals surface area contributed by atoms with E-state index < -0.39 is 23.0 Å². The minimum absolute atomic E-state index is 0.318. The molecule has 8 nitrogen and oxygen atoms in total. The summed E-state index contributed by atoms with van der Waals surface area (Å²) in [5.41, 5.74) is -0.658. The van der Waals surface area contributed by atoms with Crippen molar-refractivity contribution in [2.45, 2.75) is 37.0 Å². The lowest BCUT2D eigenvalue weighted by Gasteiger charge is -2.69. The Morgan fingerprint density at radius 2 is 1.77 bits per heavy atom. The molecule has 26 heavy (non-hydrogen) atoms. The molecule has 2 amide bonds. The number of pyridine rings is 1. The standard InChI is InChI=1S/C17H17FN6O2/c18-16-9-17(10-16,11-16)23-6-5-22(14(25)15(23)26)8-12-1-2-13(19-7-12)24-20-3-4-21-24/h1-4,7H,5-6,8-11H2. The molecule has 2 aromatic rings. The van der Waals surface area contributed by atoms with E-state index in [0.29, 0.717) is 44.7 Å².